The van der Waals surface area contributed by atoms with E-state index in [9.17, 15) is 14.4 Å². The third-order valence-electron chi connectivity index (χ3n) is 3.50. The van der Waals surface area contributed by atoms with Gasteiger partial charge in [-0.25, -0.2) is 14.4 Å². The van der Waals surface area contributed by atoms with E-state index in [-0.39, 0.29) is 22.5 Å². The van der Waals surface area contributed by atoms with Crippen molar-refractivity contribution in [3.05, 3.63) is 52.8 Å². The molecule has 0 radical (unpaired) electrons. The second-order valence-electron chi connectivity index (χ2n) is 5.22. The molecule has 0 spiro atoms. The molecule has 1 aromatic carbocycles. The minimum atomic E-state index is -1.25. The molecule has 1 aliphatic heterocycles. The van der Waals surface area contributed by atoms with Gasteiger partial charge in [-0.1, -0.05) is 5.16 Å². The zero-order valence-corrected chi connectivity index (χ0v) is 12.8. The highest BCUT2D eigenvalue weighted by atomic mass is 16.7. The van der Waals surface area contributed by atoms with Crippen molar-refractivity contribution in [1.29, 1.82) is 0 Å². The number of rotatable bonds is 4. The number of carbonyl (C=O) groups is 3. The first-order valence-electron chi connectivity index (χ1n) is 7.05. The minimum Gasteiger partial charge on any atom is -0.478 e. The zero-order valence-electron chi connectivity index (χ0n) is 12.8. The summed E-state index contributed by atoms with van der Waals surface area (Å²) < 4.78 is 5.57. The maximum Gasteiger partial charge on any atom is 0.367 e. The molecule has 126 valence electrons. The number of aromatic carboxylic acids is 2. The molecule has 2 N–H and O–H groups in total. The lowest BCUT2D eigenvalue weighted by molar-refractivity contribution is -0.136. The van der Waals surface area contributed by atoms with E-state index in [0.717, 1.165) is 6.07 Å². The number of nitrogens with zero attached hydrogens (tertiary/aromatic N) is 1. The fourth-order valence-corrected chi connectivity index (χ4v) is 2.26. The standard InChI is InChI=1S/C17H11NO7/c1-8-13(17(23)25-18-8)7-12-2-3-14(24-12)9-4-10(15(19)20)6-11(5-9)16(21)22/h2-7H,1H3,(H,19,20)(H,21,22)/b13-7-. The number of carboxylic acids is 2. The molecule has 0 saturated heterocycles. The van der Waals surface area contributed by atoms with Crippen LogP contribution in [0, 0.1) is 0 Å². The highest BCUT2D eigenvalue weighted by Gasteiger charge is 2.22. The second-order valence-corrected chi connectivity index (χ2v) is 5.22. The van der Waals surface area contributed by atoms with Gasteiger partial charge in [0.2, 0.25) is 0 Å². The van der Waals surface area contributed by atoms with Gasteiger partial charge in [-0.15, -0.1) is 0 Å². The Kier molecular flexibility index (Phi) is 3.94. The van der Waals surface area contributed by atoms with Crippen LogP contribution in [0.5, 0.6) is 0 Å². The van der Waals surface area contributed by atoms with Gasteiger partial charge in [0.25, 0.3) is 0 Å². The second kappa shape index (κ2) is 6.08. The predicted octanol–water partition coefficient (Wildman–Crippen LogP) is 2.66. The largest absolute Gasteiger partial charge is 0.478 e. The van der Waals surface area contributed by atoms with Crippen LogP contribution in [0.25, 0.3) is 17.4 Å². The van der Waals surface area contributed by atoms with Gasteiger partial charge >= 0.3 is 17.9 Å². The predicted molar refractivity (Wildman–Crippen MR) is 85.2 cm³/mol. The van der Waals surface area contributed by atoms with E-state index in [2.05, 4.69) is 9.99 Å². The summed E-state index contributed by atoms with van der Waals surface area (Å²) >= 11 is 0. The molecule has 8 nitrogen and oxygen atoms in total. The zero-order chi connectivity index (χ0) is 18.1. The summed E-state index contributed by atoms with van der Waals surface area (Å²) in [5, 5.41) is 21.8. The molecular formula is C17H11NO7. The molecule has 0 aliphatic carbocycles. The van der Waals surface area contributed by atoms with Gasteiger partial charge in [-0.2, -0.15) is 0 Å². The number of benzene rings is 1. The molecule has 3 rings (SSSR count). The summed E-state index contributed by atoms with van der Waals surface area (Å²) in [6.07, 6.45) is 1.44. The van der Waals surface area contributed by atoms with Crippen molar-refractivity contribution >= 4 is 29.7 Å². The molecule has 0 bridgehead atoms. The van der Waals surface area contributed by atoms with Gasteiger partial charge in [0.05, 0.1) is 22.4 Å². The van der Waals surface area contributed by atoms with Crippen molar-refractivity contribution in [2.45, 2.75) is 6.92 Å². The van der Waals surface area contributed by atoms with Crippen LogP contribution in [0.2, 0.25) is 0 Å². The molecule has 1 aromatic heterocycles. The number of hydrogen-bond donors (Lipinski definition) is 2. The van der Waals surface area contributed by atoms with Crippen molar-refractivity contribution in [2.75, 3.05) is 0 Å². The quantitative estimate of drug-likeness (QED) is 0.646. The Balaban J connectivity index is 2.01. The summed E-state index contributed by atoms with van der Waals surface area (Å²) in [6.45, 7) is 1.61. The lowest BCUT2D eigenvalue weighted by Crippen LogP contribution is -2.02. The Hall–Kier alpha value is -3.68. The maximum absolute atomic E-state index is 11.5. The van der Waals surface area contributed by atoms with E-state index in [1.807, 2.05) is 0 Å². The van der Waals surface area contributed by atoms with Crippen LogP contribution < -0.4 is 0 Å². The van der Waals surface area contributed by atoms with Crippen LogP contribution in [-0.4, -0.2) is 33.8 Å². The first kappa shape index (κ1) is 16.2. The average molecular weight is 341 g/mol. The molecule has 25 heavy (non-hydrogen) atoms. The first-order chi connectivity index (χ1) is 11.8. The molecule has 8 heteroatoms. The number of furan rings is 1. The van der Waals surface area contributed by atoms with Crippen molar-refractivity contribution in [3.8, 4) is 11.3 Å². The average Bonchev–Trinajstić information content (AvgIpc) is 3.16. The summed E-state index contributed by atoms with van der Waals surface area (Å²) in [4.78, 5) is 38.4. The van der Waals surface area contributed by atoms with Crippen molar-refractivity contribution in [1.82, 2.24) is 0 Å². The lowest BCUT2D eigenvalue weighted by atomic mass is 10.0. The van der Waals surface area contributed by atoms with Gasteiger partial charge < -0.3 is 19.5 Å². The smallest absolute Gasteiger partial charge is 0.367 e. The molecular weight excluding hydrogens is 330 g/mol. The Morgan fingerprint density at radius 3 is 2.24 bits per heavy atom. The van der Waals surface area contributed by atoms with E-state index >= 15 is 0 Å². The van der Waals surface area contributed by atoms with Crippen LogP contribution >= 0.6 is 0 Å². The normalized spacial score (nSPS) is 15.2. The van der Waals surface area contributed by atoms with Crippen LogP contribution in [0.4, 0.5) is 0 Å². The SMILES string of the molecule is CC1=NOC(=O)/C1=C\c1ccc(-c2cc(C(=O)O)cc(C(=O)O)c2)o1. The Labute approximate surface area is 140 Å². The molecule has 0 unspecified atom stereocenters. The Morgan fingerprint density at radius 2 is 1.72 bits per heavy atom. The minimum absolute atomic E-state index is 0.173. The number of carbonyl (C=O) groups excluding carboxylic acids is 1. The highest BCUT2D eigenvalue weighted by molar-refractivity contribution is 6.24. The number of oxime groups is 1. The van der Waals surface area contributed by atoms with E-state index in [1.165, 1.54) is 18.2 Å². The Bertz CT molecular complexity index is 933. The highest BCUT2D eigenvalue weighted by Crippen LogP contribution is 2.27. The van der Waals surface area contributed by atoms with E-state index in [4.69, 9.17) is 14.6 Å². The summed E-state index contributed by atoms with van der Waals surface area (Å²) in [7, 11) is 0. The molecule has 2 heterocycles. The molecule has 0 saturated carbocycles. The van der Waals surface area contributed by atoms with E-state index < -0.39 is 17.9 Å². The van der Waals surface area contributed by atoms with Crippen LogP contribution in [0.15, 0.2) is 45.5 Å². The van der Waals surface area contributed by atoms with Crippen molar-refractivity contribution in [3.63, 3.8) is 0 Å². The topological polar surface area (TPSA) is 126 Å². The van der Waals surface area contributed by atoms with Crippen LogP contribution in [-0.2, 0) is 9.63 Å². The number of hydrogen-bond acceptors (Lipinski definition) is 6. The first-order valence-corrected chi connectivity index (χ1v) is 7.05. The summed E-state index contributed by atoms with van der Waals surface area (Å²) in [5.74, 6) is -2.52. The Morgan fingerprint density at radius 1 is 1.08 bits per heavy atom. The van der Waals surface area contributed by atoms with Crippen LogP contribution in [0.1, 0.15) is 33.4 Å². The molecule has 1 aliphatic rings. The molecule has 0 amide bonds. The van der Waals surface area contributed by atoms with Crippen molar-refractivity contribution in [2.24, 2.45) is 5.16 Å². The van der Waals surface area contributed by atoms with E-state index in [0.29, 0.717) is 17.0 Å². The van der Waals surface area contributed by atoms with Crippen molar-refractivity contribution < 1.29 is 33.9 Å². The third kappa shape index (κ3) is 3.18. The van der Waals surface area contributed by atoms with Gasteiger partial charge in [0.15, 0.2) is 0 Å². The van der Waals surface area contributed by atoms with Gasteiger partial charge in [-0.3, -0.25) is 0 Å². The van der Waals surface area contributed by atoms with Crippen LogP contribution in [0.3, 0.4) is 0 Å². The van der Waals surface area contributed by atoms with Gasteiger partial charge in [-0.05, 0) is 43.3 Å². The maximum atomic E-state index is 11.5. The molecule has 0 atom stereocenters. The fraction of sp³-hybridized carbons (Fsp3) is 0.0588. The molecule has 0 fully saturated rings. The molecule has 2 aromatic rings. The fourth-order valence-electron chi connectivity index (χ4n) is 2.26. The third-order valence-corrected chi connectivity index (χ3v) is 3.50. The van der Waals surface area contributed by atoms with E-state index in [1.54, 1.807) is 19.1 Å². The summed E-state index contributed by atoms with van der Waals surface area (Å²) in [6, 6.07) is 6.79. The monoisotopic (exact) mass is 341 g/mol. The number of carboxylic acid groups (broad SMARTS) is 2. The van der Waals surface area contributed by atoms with Gasteiger partial charge in [0.1, 0.15) is 11.5 Å². The summed E-state index contributed by atoms with van der Waals surface area (Å²) in [5.41, 5.74) is 0.596. The van der Waals surface area contributed by atoms with Gasteiger partial charge in [0, 0.05) is 5.56 Å². The lowest BCUT2D eigenvalue weighted by Gasteiger charge is -2.03.